The van der Waals surface area contributed by atoms with Crippen LogP contribution in [-0.2, 0) is 9.59 Å². The first kappa shape index (κ1) is 16.3. The van der Waals surface area contributed by atoms with Crippen LogP contribution in [0.1, 0.15) is 19.8 Å². The zero-order valence-corrected chi connectivity index (χ0v) is 14.2. The number of carbonyl (C=O) groups excluding carboxylic acids is 2. The number of ether oxygens (including phenoxy) is 1. The molecule has 23 heavy (non-hydrogen) atoms. The number of benzene rings is 1. The molecule has 0 saturated carbocycles. The molecule has 124 valence electrons. The van der Waals surface area contributed by atoms with Gasteiger partial charge in [-0.2, -0.15) is 11.8 Å². The molecular formula is C17H23N2O3S+. The lowest BCUT2D eigenvalue weighted by Crippen LogP contribution is -3.18. The maximum Gasteiger partial charge on any atom is 0.292 e. The number of carbonyl (C=O) groups is 2. The van der Waals surface area contributed by atoms with Crippen molar-refractivity contribution in [3.05, 3.63) is 24.3 Å². The van der Waals surface area contributed by atoms with Crippen LogP contribution in [0.2, 0.25) is 0 Å². The van der Waals surface area contributed by atoms with Crippen molar-refractivity contribution < 1.29 is 19.2 Å². The molecule has 0 bridgehead atoms. The zero-order valence-electron chi connectivity index (χ0n) is 13.4. The van der Waals surface area contributed by atoms with Gasteiger partial charge in [-0.1, -0.05) is 6.92 Å². The molecule has 2 fully saturated rings. The first-order valence-corrected chi connectivity index (χ1v) is 9.38. The normalized spacial score (nSPS) is 22.7. The molecule has 0 spiro atoms. The van der Waals surface area contributed by atoms with E-state index in [-0.39, 0.29) is 17.9 Å². The van der Waals surface area contributed by atoms with E-state index in [0.29, 0.717) is 18.7 Å². The van der Waals surface area contributed by atoms with E-state index >= 15 is 0 Å². The summed E-state index contributed by atoms with van der Waals surface area (Å²) < 4.78 is 5.55. The van der Waals surface area contributed by atoms with Crippen molar-refractivity contribution in [3.8, 4) is 5.75 Å². The quantitative estimate of drug-likeness (QED) is 0.807. The monoisotopic (exact) mass is 335 g/mol. The largest absolute Gasteiger partial charge is 0.494 e. The molecule has 5 nitrogen and oxygen atoms in total. The number of rotatable bonds is 5. The van der Waals surface area contributed by atoms with E-state index in [4.69, 9.17) is 4.74 Å². The van der Waals surface area contributed by atoms with Gasteiger partial charge < -0.3 is 9.64 Å². The minimum absolute atomic E-state index is 0.0564. The molecule has 1 aromatic rings. The molecule has 2 aliphatic rings. The van der Waals surface area contributed by atoms with Crippen LogP contribution in [0.4, 0.5) is 5.69 Å². The number of nitrogens with one attached hydrogen (secondary N) is 1. The molecule has 2 aliphatic heterocycles. The Morgan fingerprint density at radius 2 is 1.91 bits per heavy atom. The lowest BCUT2D eigenvalue weighted by Gasteiger charge is -2.27. The van der Waals surface area contributed by atoms with Gasteiger partial charge in [0, 0.05) is 11.5 Å². The molecule has 2 saturated heterocycles. The molecule has 0 aliphatic carbocycles. The Balaban J connectivity index is 1.71. The smallest absolute Gasteiger partial charge is 0.292 e. The predicted molar refractivity (Wildman–Crippen MR) is 91.1 cm³/mol. The van der Waals surface area contributed by atoms with Gasteiger partial charge in [0.2, 0.25) is 5.91 Å². The van der Waals surface area contributed by atoms with Crippen molar-refractivity contribution in [3.63, 3.8) is 0 Å². The van der Waals surface area contributed by atoms with Gasteiger partial charge in [-0.15, -0.1) is 0 Å². The first-order valence-electron chi connectivity index (χ1n) is 8.22. The number of thioether (sulfide) groups is 1. The molecule has 6 heteroatoms. The third kappa shape index (κ3) is 3.53. The minimum atomic E-state index is -0.209. The summed E-state index contributed by atoms with van der Waals surface area (Å²) in [6.45, 7) is 4.65. The second-order valence-corrected chi connectivity index (χ2v) is 7.16. The maximum atomic E-state index is 12.7. The van der Waals surface area contributed by atoms with Gasteiger partial charge in [0.15, 0.2) is 6.04 Å². The summed E-state index contributed by atoms with van der Waals surface area (Å²) in [6, 6.07) is 7.03. The number of imide groups is 1. The lowest BCUT2D eigenvalue weighted by atomic mass is 10.2. The first-order chi connectivity index (χ1) is 11.2. The summed E-state index contributed by atoms with van der Waals surface area (Å²) >= 11 is 1.92. The highest BCUT2D eigenvalue weighted by atomic mass is 32.2. The van der Waals surface area contributed by atoms with Crippen LogP contribution < -0.4 is 14.5 Å². The molecule has 1 N–H and O–H groups in total. The van der Waals surface area contributed by atoms with Gasteiger partial charge >= 0.3 is 0 Å². The number of amides is 2. The predicted octanol–water partition coefficient (Wildman–Crippen LogP) is 0.739. The maximum absolute atomic E-state index is 12.7. The molecule has 2 heterocycles. The minimum Gasteiger partial charge on any atom is -0.494 e. The highest BCUT2D eigenvalue weighted by Crippen LogP contribution is 2.24. The van der Waals surface area contributed by atoms with Gasteiger partial charge in [0.25, 0.3) is 5.91 Å². The third-order valence-electron chi connectivity index (χ3n) is 4.34. The summed E-state index contributed by atoms with van der Waals surface area (Å²) in [5.41, 5.74) is 0.650. The average Bonchev–Trinajstić information content (AvgIpc) is 2.89. The van der Waals surface area contributed by atoms with Crippen molar-refractivity contribution >= 4 is 29.3 Å². The molecule has 0 unspecified atom stereocenters. The molecule has 3 rings (SSSR count). The topological polar surface area (TPSA) is 51.0 Å². The summed E-state index contributed by atoms with van der Waals surface area (Å²) in [5, 5.41) is 0. The summed E-state index contributed by atoms with van der Waals surface area (Å²) in [5.74, 6) is 2.75. The van der Waals surface area contributed by atoms with Crippen LogP contribution in [0.5, 0.6) is 5.75 Å². The lowest BCUT2D eigenvalue weighted by molar-refractivity contribution is -0.911. The second kappa shape index (κ2) is 7.36. The van der Waals surface area contributed by atoms with Gasteiger partial charge in [-0.25, -0.2) is 4.90 Å². The Kier molecular flexibility index (Phi) is 5.23. The van der Waals surface area contributed by atoms with E-state index in [2.05, 4.69) is 6.92 Å². The fourth-order valence-electron chi connectivity index (χ4n) is 3.12. The fourth-order valence-corrected chi connectivity index (χ4v) is 4.13. The highest BCUT2D eigenvalue weighted by molar-refractivity contribution is 7.99. The molecule has 1 atom stereocenters. The van der Waals surface area contributed by atoms with Crippen LogP contribution in [0.25, 0.3) is 0 Å². The summed E-state index contributed by atoms with van der Waals surface area (Å²) in [4.78, 5) is 27.7. The molecule has 1 aromatic carbocycles. The van der Waals surface area contributed by atoms with Crippen molar-refractivity contribution in [2.75, 3.05) is 36.1 Å². The van der Waals surface area contributed by atoms with E-state index in [1.807, 2.05) is 23.9 Å². The second-order valence-electron chi connectivity index (χ2n) is 5.94. The van der Waals surface area contributed by atoms with Gasteiger partial charge in [0.05, 0.1) is 31.8 Å². The number of quaternary nitrogens is 1. The average molecular weight is 335 g/mol. The van der Waals surface area contributed by atoms with Crippen molar-refractivity contribution in [2.45, 2.75) is 25.8 Å². The Bertz CT molecular complexity index is 570. The SMILES string of the molecule is CCCOc1ccc(N2C(=O)C[C@@H]([NH+]3CCSCC3)C2=O)cc1. The van der Waals surface area contributed by atoms with Gasteiger partial charge in [0.1, 0.15) is 5.75 Å². The third-order valence-corrected chi connectivity index (χ3v) is 5.33. The Morgan fingerprint density at radius 1 is 1.22 bits per heavy atom. The summed E-state index contributed by atoms with van der Waals surface area (Å²) in [6.07, 6.45) is 1.27. The zero-order chi connectivity index (χ0) is 16.2. The van der Waals surface area contributed by atoms with E-state index in [1.54, 1.807) is 12.1 Å². The van der Waals surface area contributed by atoms with Crippen LogP contribution in [0.3, 0.4) is 0 Å². The van der Waals surface area contributed by atoms with E-state index < -0.39 is 0 Å². The molecule has 2 amide bonds. The Labute approximate surface area is 141 Å². The molecule has 0 aromatic heterocycles. The standard InChI is InChI=1S/C17H22N2O3S/c1-2-9-22-14-5-3-13(4-6-14)19-16(20)12-15(17(19)21)18-7-10-23-11-8-18/h3-6,15H,2,7-12H2,1H3/p+1/t15-/m1/s1. The van der Waals surface area contributed by atoms with E-state index in [0.717, 1.165) is 36.8 Å². The van der Waals surface area contributed by atoms with Crippen LogP contribution in [-0.4, -0.2) is 49.1 Å². The Hall–Kier alpha value is -1.53. The van der Waals surface area contributed by atoms with Crippen molar-refractivity contribution in [2.24, 2.45) is 0 Å². The molecular weight excluding hydrogens is 312 g/mol. The van der Waals surface area contributed by atoms with Crippen LogP contribution >= 0.6 is 11.8 Å². The van der Waals surface area contributed by atoms with Crippen molar-refractivity contribution in [1.29, 1.82) is 0 Å². The fraction of sp³-hybridized carbons (Fsp3) is 0.529. The number of nitrogens with zero attached hydrogens (tertiary/aromatic N) is 1. The van der Waals surface area contributed by atoms with Crippen LogP contribution in [0, 0.1) is 0 Å². The number of hydrogen-bond donors (Lipinski definition) is 1. The van der Waals surface area contributed by atoms with E-state index in [1.165, 1.54) is 9.80 Å². The summed E-state index contributed by atoms with van der Waals surface area (Å²) in [7, 11) is 0. The van der Waals surface area contributed by atoms with Gasteiger partial charge in [-0.05, 0) is 30.7 Å². The van der Waals surface area contributed by atoms with Crippen LogP contribution in [0.15, 0.2) is 24.3 Å². The van der Waals surface area contributed by atoms with Crippen molar-refractivity contribution in [1.82, 2.24) is 0 Å². The Morgan fingerprint density at radius 3 is 2.57 bits per heavy atom. The number of hydrogen-bond acceptors (Lipinski definition) is 4. The van der Waals surface area contributed by atoms with Gasteiger partial charge in [-0.3, -0.25) is 9.59 Å². The van der Waals surface area contributed by atoms with E-state index in [9.17, 15) is 9.59 Å². The highest BCUT2D eigenvalue weighted by Gasteiger charge is 2.45. The number of anilines is 1. The molecule has 0 radical (unpaired) electrons.